The highest BCUT2D eigenvalue weighted by atomic mass is 35.5. The third kappa shape index (κ3) is 2.85. The molecule has 0 aliphatic heterocycles. The van der Waals surface area contributed by atoms with Crippen molar-refractivity contribution in [3.63, 3.8) is 0 Å². The molecule has 0 saturated heterocycles. The van der Waals surface area contributed by atoms with E-state index < -0.39 is 0 Å². The quantitative estimate of drug-likeness (QED) is 0.649. The maximum Gasteiger partial charge on any atom is 0.129 e. The first-order valence-electron chi connectivity index (χ1n) is 3.73. The minimum atomic E-state index is 0.164. The van der Waals surface area contributed by atoms with Gasteiger partial charge in [-0.15, -0.1) is 11.6 Å². The van der Waals surface area contributed by atoms with Gasteiger partial charge in [0.15, 0.2) is 0 Å². The average Bonchev–Trinajstić information content (AvgIpc) is 2.06. The molecule has 0 aromatic carbocycles. The topological polar surface area (TPSA) is 25.8 Å². The standard InChI is InChI=1S/C8H11ClN2/c1-2-7(9)6-8-10-4-3-5-11-8/h3-5,7H,2,6H2,1H3. The van der Waals surface area contributed by atoms with E-state index in [0.29, 0.717) is 0 Å². The molecular weight excluding hydrogens is 160 g/mol. The van der Waals surface area contributed by atoms with Gasteiger partial charge in [0.25, 0.3) is 0 Å². The molecule has 1 rings (SSSR count). The Kier molecular flexibility index (Phi) is 3.30. The molecule has 0 bridgehead atoms. The van der Waals surface area contributed by atoms with Gasteiger partial charge < -0.3 is 0 Å². The number of halogens is 1. The Balaban J connectivity index is 2.51. The predicted octanol–water partition coefficient (Wildman–Crippen LogP) is 2.04. The van der Waals surface area contributed by atoms with E-state index in [1.54, 1.807) is 18.5 Å². The summed E-state index contributed by atoms with van der Waals surface area (Å²) in [6.45, 7) is 2.06. The van der Waals surface area contributed by atoms with Crippen LogP contribution in [0.25, 0.3) is 0 Å². The first-order chi connectivity index (χ1) is 5.33. The highest BCUT2D eigenvalue weighted by Gasteiger charge is 2.03. The second-order valence-electron chi connectivity index (χ2n) is 2.37. The monoisotopic (exact) mass is 170 g/mol. The van der Waals surface area contributed by atoms with E-state index in [4.69, 9.17) is 11.6 Å². The molecule has 1 aromatic rings. The molecule has 0 amide bonds. The molecule has 0 spiro atoms. The summed E-state index contributed by atoms with van der Waals surface area (Å²) in [5.74, 6) is 0.828. The molecule has 0 saturated carbocycles. The lowest BCUT2D eigenvalue weighted by Gasteiger charge is -2.02. The molecule has 1 unspecified atom stereocenters. The fourth-order valence-electron chi connectivity index (χ4n) is 0.778. The largest absolute Gasteiger partial charge is 0.241 e. The minimum Gasteiger partial charge on any atom is -0.241 e. The van der Waals surface area contributed by atoms with Crippen LogP contribution in [0.5, 0.6) is 0 Å². The van der Waals surface area contributed by atoms with E-state index >= 15 is 0 Å². The summed E-state index contributed by atoms with van der Waals surface area (Å²) in [6.07, 6.45) is 5.20. The lowest BCUT2D eigenvalue weighted by Crippen LogP contribution is -2.04. The zero-order chi connectivity index (χ0) is 8.10. The van der Waals surface area contributed by atoms with Crippen molar-refractivity contribution in [3.05, 3.63) is 24.3 Å². The molecular formula is C8H11ClN2. The van der Waals surface area contributed by atoms with E-state index in [0.717, 1.165) is 18.7 Å². The van der Waals surface area contributed by atoms with Gasteiger partial charge in [0.2, 0.25) is 0 Å². The van der Waals surface area contributed by atoms with E-state index in [1.807, 2.05) is 0 Å². The van der Waals surface area contributed by atoms with Crippen LogP contribution in [0.2, 0.25) is 0 Å². The molecule has 0 radical (unpaired) electrons. The van der Waals surface area contributed by atoms with Crippen LogP contribution in [0, 0.1) is 0 Å². The van der Waals surface area contributed by atoms with E-state index in [-0.39, 0.29) is 5.38 Å². The van der Waals surface area contributed by atoms with Crippen LogP contribution >= 0.6 is 11.6 Å². The van der Waals surface area contributed by atoms with Gasteiger partial charge in [-0.3, -0.25) is 0 Å². The number of aromatic nitrogens is 2. The van der Waals surface area contributed by atoms with Crippen LogP contribution in [-0.2, 0) is 6.42 Å². The summed E-state index contributed by atoms with van der Waals surface area (Å²) < 4.78 is 0. The molecule has 11 heavy (non-hydrogen) atoms. The normalized spacial score (nSPS) is 12.9. The van der Waals surface area contributed by atoms with Gasteiger partial charge in [0.05, 0.1) is 0 Å². The van der Waals surface area contributed by atoms with Gasteiger partial charge in [-0.25, -0.2) is 9.97 Å². The first kappa shape index (κ1) is 8.47. The van der Waals surface area contributed by atoms with Gasteiger partial charge in [0, 0.05) is 24.2 Å². The molecule has 1 atom stereocenters. The van der Waals surface area contributed by atoms with Crippen molar-refractivity contribution in [2.45, 2.75) is 25.1 Å². The summed E-state index contributed by atoms with van der Waals surface area (Å²) in [5, 5.41) is 0.164. The highest BCUT2D eigenvalue weighted by Crippen LogP contribution is 2.06. The second-order valence-corrected chi connectivity index (χ2v) is 2.99. The number of nitrogens with zero attached hydrogens (tertiary/aromatic N) is 2. The molecule has 3 heteroatoms. The molecule has 0 fully saturated rings. The number of hydrogen-bond donors (Lipinski definition) is 0. The fourth-order valence-corrected chi connectivity index (χ4v) is 0.916. The van der Waals surface area contributed by atoms with Crippen molar-refractivity contribution < 1.29 is 0 Å². The molecule has 0 aliphatic rings. The Morgan fingerprint density at radius 1 is 1.45 bits per heavy atom. The van der Waals surface area contributed by atoms with E-state index in [9.17, 15) is 0 Å². The number of rotatable bonds is 3. The Hall–Kier alpha value is -0.630. The van der Waals surface area contributed by atoms with Crippen LogP contribution in [-0.4, -0.2) is 15.3 Å². The zero-order valence-corrected chi connectivity index (χ0v) is 7.25. The summed E-state index contributed by atoms with van der Waals surface area (Å²) >= 11 is 5.92. The molecule has 0 aliphatic carbocycles. The number of hydrogen-bond acceptors (Lipinski definition) is 2. The molecule has 1 heterocycles. The molecule has 0 N–H and O–H groups in total. The first-order valence-corrected chi connectivity index (χ1v) is 4.16. The van der Waals surface area contributed by atoms with Crippen molar-refractivity contribution in [3.8, 4) is 0 Å². The lowest BCUT2D eigenvalue weighted by molar-refractivity contribution is 0.761. The van der Waals surface area contributed by atoms with Gasteiger partial charge in [-0.2, -0.15) is 0 Å². The Morgan fingerprint density at radius 2 is 2.09 bits per heavy atom. The Morgan fingerprint density at radius 3 is 2.64 bits per heavy atom. The fraction of sp³-hybridized carbons (Fsp3) is 0.500. The van der Waals surface area contributed by atoms with Gasteiger partial charge >= 0.3 is 0 Å². The van der Waals surface area contributed by atoms with Gasteiger partial charge in [0.1, 0.15) is 5.82 Å². The Bertz CT molecular complexity index is 201. The van der Waals surface area contributed by atoms with Gasteiger partial charge in [-0.1, -0.05) is 6.92 Å². The average molecular weight is 171 g/mol. The van der Waals surface area contributed by atoms with Crippen molar-refractivity contribution in [2.24, 2.45) is 0 Å². The Labute approximate surface area is 71.6 Å². The van der Waals surface area contributed by atoms with Crippen molar-refractivity contribution in [2.75, 3.05) is 0 Å². The maximum absolute atomic E-state index is 5.92. The van der Waals surface area contributed by atoms with Crippen molar-refractivity contribution >= 4 is 11.6 Å². The smallest absolute Gasteiger partial charge is 0.129 e. The van der Waals surface area contributed by atoms with Crippen LogP contribution in [0.4, 0.5) is 0 Å². The minimum absolute atomic E-state index is 0.164. The zero-order valence-electron chi connectivity index (χ0n) is 6.50. The summed E-state index contributed by atoms with van der Waals surface area (Å²) in [5.41, 5.74) is 0. The van der Waals surface area contributed by atoms with Crippen molar-refractivity contribution in [1.29, 1.82) is 0 Å². The lowest BCUT2D eigenvalue weighted by atomic mass is 10.2. The van der Waals surface area contributed by atoms with Crippen molar-refractivity contribution in [1.82, 2.24) is 9.97 Å². The van der Waals surface area contributed by atoms with Crippen LogP contribution < -0.4 is 0 Å². The third-order valence-corrected chi connectivity index (χ3v) is 1.93. The maximum atomic E-state index is 5.92. The third-order valence-electron chi connectivity index (χ3n) is 1.47. The molecule has 1 aromatic heterocycles. The van der Waals surface area contributed by atoms with Crippen LogP contribution in [0.15, 0.2) is 18.5 Å². The van der Waals surface area contributed by atoms with Crippen LogP contribution in [0.3, 0.4) is 0 Å². The SMILES string of the molecule is CCC(Cl)Cc1ncccn1. The summed E-state index contributed by atoms with van der Waals surface area (Å²) in [7, 11) is 0. The number of alkyl halides is 1. The molecule has 2 nitrogen and oxygen atoms in total. The summed E-state index contributed by atoms with van der Waals surface area (Å²) in [6, 6.07) is 1.80. The van der Waals surface area contributed by atoms with E-state index in [2.05, 4.69) is 16.9 Å². The molecule has 60 valence electrons. The van der Waals surface area contributed by atoms with Gasteiger partial charge in [-0.05, 0) is 12.5 Å². The van der Waals surface area contributed by atoms with Crippen LogP contribution in [0.1, 0.15) is 19.2 Å². The summed E-state index contributed by atoms with van der Waals surface area (Å²) in [4.78, 5) is 8.14. The van der Waals surface area contributed by atoms with E-state index in [1.165, 1.54) is 0 Å². The predicted molar refractivity (Wildman–Crippen MR) is 45.7 cm³/mol. The highest BCUT2D eigenvalue weighted by molar-refractivity contribution is 6.20. The second kappa shape index (κ2) is 4.29.